The summed E-state index contributed by atoms with van der Waals surface area (Å²) in [6, 6.07) is 13.7. The van der Waals surface area contributed by atoms with Crippen LogP contribution in [0.15, 0.2) is 53.5 Å². The van der Waals surface area contributed by atoms with E-state index >= 15 is 0 Å². The van der Waals surface area contributed by atoms with Crippen LogP contribution in [0.3, 0.4) is 0 Å². The Kier molecular flexibility index (Phi) is 6.75. The molecule has 0 radical (unpaired) electrons. The van der Waals surface area contributed by atoms with E-state index in [1.165, 1.54) is 17.8 Å². The molecule has 23 heavy (non-hydrogen) atoms. The zero-order valence-electron chi connectivity index (χ0n) is 12.9. The Morgan fingerprint density at radius 3 is 2.57 bits per heavy atom. The van der Waals surface area contributed by atoms with Gasteiger partial charge in [-0.05, 0) is 43.3 Å². The van der Waals surface area contributed by atoms with Gasteiger partial charge in [-0.3, -0.25) is 0 Å². The maximum atomic E-state index is 13.4. The average Bonchev–Trinajstić information content (AvgIpc) is 2.55. The molecule has 0 fully saturated rings. The number of ether oxygens (including phenoxy) is 2. The lowest BCUT2D eigenvalue weighted by molar-refractivity contribution is 0.325. The molecular formula is C17H19FN2O2S. The Labute approximate surface area is 139 Å². The molecule has 2 rings (SSSR count). The standard InChI is InChI=1S/C17H19FN2O2S/c1-2-21-14-9-7-13(8-10-14)20-17(19)23-12-11-22-16-6-4-3-5-15(16)18/h3-10H,2,11-12H2,1H3,(H2,19,20). The molecule has 0 aliphatic rings. The van der Waals surface area contributed by atoms with Crippen molar-refractivity contribution in [2.24, 2.45) is 10.7 Å². The highest BCUT2D eigenvalue weighted by Gasteiger charge is 2.02. The minimum absolute atomic E-state index is 0.245. The van der Waals surface area contributed by atoms with Crippen molar-refractivity contribution in [1.29, 1.82) is 0 Å². The molecule has 0 bridgehead atoms. The number of nitrogens with two attached hydrogens (primary N) is 1. The van der Waals surface area contributed by atoms with Crippen molar-refractivity contribution in [1.82, 2.24) is 0 Å². The monoisotopic (exact) mass is 334 g/mol. The maximum Gasteiger partial charge on any atom is 0.165 e. The lowest BCUT2D eigenvalue weighted by Crippen LogP contribution is -2.10. The van der Waals surface area contributed by atoms with Crippen molar-refractivity contribution in [3.05, 3.63) is 54.3 Å². The van der Waals surface area contributed by atoms with Crippen LogP contribution in [-0.2, 0) is 0 Å². The van der Waals surface area contributed by atoms with Gasteiger partial charge in [0.15, 0.2) is 16.7 Å². The zero-order chi connectivity index (χ0) is 16.5. The molecule has 0 aromatic heterocycles. The van der Waals surface area contributed by atoms with Gasteiger partial charge in [-0.1, -0.05) is 23.9 Å². The molecular weight excluding hydrogens is 315 g/mol. The van der Waals surface area contributed by atoms with Crippen LogP contribution in [0.25, 0.3) is 0 Å². The van der Waals surface area contributed by atoms with Crippen molar-refractivity contribution in [3.8, 4) is 11.5 Å². The van der Waals surface area contributed by atoms with Crippen molar-refractivity contribution in [3.63, 3.8) is 0 Å². The number of aliphatic imine (C=N–C) groups is 1. The Hall–Kier alpha value is -2.21. The maximum absolute atomic E-state index is 13.4. The van der Waals surface area contributed by atoms with E-state index in [-0.39, 0.29) is 11.6 Å². The largest absolute Gasteiger partial charge is 0.494 e. The second-order valence-electron chi connectivity index (χ2n) is 4.50. The quantitative estimate of drug-likeness (QED) is 0.473. The highest BCUT2D eigenvalue weighted by Crippen LogP contribution is 2.19. The van der Waals surface area contributed by atoms with Crippen molar-refractivity contribution in [2.45, 2.75) is 6.92 Å². The summed E-state index contributed by atoms with van der Waals surface area (Å²) in [6.07, 6.45) is 0. The van der Waals surface area contributed by atoms with E-state index in [4.69, 9.17) is 15.2 Å². The molecule has 0 saturated carbocycles. The first-order valence-electron chi connectivity index (χ1n) is 7.26. The van der Waals surface area contributed by atoms with E-state index < -0.39 is 0 Å². The third-order valence-electron chi connectivity index (χ3n) is 2.81. The molecule has 0 unspecified atom stereocenters. The SMILES string of the molecule is CCOc1ccc(N=C(N)SCCOc2ccccc2F)cc1. The number of halogens is 1. The Morgan fingerprint density at radius 1 is 1.13 bits per heavy atom. The number of para-hydroxylation sites is 1. The first-order valence-corrected chi connectivity index (χ1v) is 8.24. The van der Waals surface area contributed by atoms with Gasteiger partial charge in [-0.2, -0.15) is 0 Å². The lowest BCUT2D eigenvalue weighted by atomic mass is 10.3. The van der Waals surface area contributed by atoms with Crippen molar-refractivity contribution < 1.29 is 13.9 Å². The summed E-state index contributed by atoms with van der Waals surface area (Å²) in [5, 5.41) is 0.436. The molecule has 0 heterocycles. The molecule has 2 N–H and O–H groups in total. The van der Waals surface area contributed by atoms with Gasteiger partial charge in [-0.25, -0.2) is 9.38 Å². The molecule has 2 aromatic rings. The van der Waals surface area contributed by atoms with Crippen LogP contribution in [-0.4, -0.2) is 24.1 Å². The summed E-state index contributed by atoms with van der Waals surface area (Å²) in [5.74, 6) is 1.26. The first kappa shape index (κ1) is 17.1. The highest BCUT2D eigenvalue weighted by atomic mass is 32.2. The Balaban J connectivity index is 1.77. The van der Waals surface area contributed by atoms with Crippen LogP contribution in [0.2, 0.25) is 0 Å². The molecule has 0 spiro atoms. The van der Waals surface area contributed by atoms with Gasteiger partial charge >= 0.3 is 0 Å². The molecule has 0 amide bonds. The van der Waals surface area contributed by atoms with E-state index in [0.717, 1.165) is 11.4 Å². The first-order chi connectivity index (χ1) is 11.2. The third kappa shape index (κ3) is 5.83. The second-order valence-corrected chi connectivity index (χ2v) is 5.62. The van der Waals surface area contributed by atoms with E-state index in [1.807, 2.05) is 31.2 Å². The number of rotatable bonds is 7. The van der Waals surface area contributed by atoms with E-state index in [9.17, 15) is 4.39 Å². The minimum Gasteiger partial charge on any atom is -0.494 e. The molecule has 0 atom stereocenters. The van der Waals surface area contributed by atoms with Crippen LogP contribution in [0.4, 0.5) is 10.1 Å². The molecule has 2 aromatic carbocycles. The van der Waals surface area contributed by atoms with Crippen molar-refractivity contribution >= 4 is 22.6 Å². The van der Waals surface area contributed by atoms with Gasteiger partial charge in [0, 0.05) is 5.75 Å². The smallest absolute Gasteiger partial charge is 0.165 e. The Morgan fingerprint density at radius 2 is 1.87 bits per heavy atom. The minimum atomic E-state index is -0.367. The number of hydrogen-bond donors (Lipinski definition) is 1. The van der Waals surface area contributed by atoms with Gasteiger partial charge in [0.25, 0.3) is 0 Å². The second kappa shape index (κ2) is 9.05. The van der Waals surface area contributed by atoms with Gasteiger partial charge in [0.05, 0.1) is 18.9 Å². The average molecular weight is 334 g/mol. The van der Waals surface area contributed by atoms with Crippen LogP contribution < -0.4 is 15.2 Å². The summed E-state index contributed by atoms with van der Waals surface area (Å²) >= 11 is 1.36. The van der Waals surface area contributed by atoms with Gasteiger partial charge < -0.3 is 15.2 Å². The predicted octanol–water partition coefficient (Wildman–Crippen LogP) is 3.98. The third-order valence-corrected chi connectivity index (χ3v) is 3.57. The van der Waals surface area contributed by atoms with E-state index in [0.29, 0.717) is 24.1 Å². The topological polar surface area (TPSA) is 56.8 Å². The summed E-state index contributed by atoms with van der Waals surface area (Å²) in [7, 11) is 0. The number of hydrogen-bond acceptors (Lipinski definition) is 4. The van der Waals surface area contributed by atoms with Gasteiger partial charge in [0.2, 0.25) is 0 Å². The van der Waals surface area contributed by atoms with Crippen LogP contribution in [0, 0.1) is 5.82 Å². The fraction of sp³-hybridized carbons (Fsp3) is 0.235. The fourth-order valence-corrected chi connectivity index (χ4v) is 2.35. The molecule has 0 aliphatic heterocycles. The van der Waals surface area contributed by atoms with Crippen LogP contribution >= 0.6 is 11.8 Å². The van der Waals surface area contributed by atoms with E-state index in [2.05, 4.69) is 4.99 Å². The van der Waals surface area contributed by atoms with Crippen LogP contribution in [0.1, 0.15) is 6.92 Å². The number of nitrogens with zero attached hydrogens (tertiary/aromatic N) is 1. The van der Waals surface area contributed by atoms with Crippen molar-refractivity contribution in [2.75, 3.05) is 19.0 Å². The van der Waals surface area contributed by atoms with Crippen LogP contribution in [0.5, 0.6) is 11.5 Å². The molecule has 122 valence electrons. The van der Waals surface area contributed by atoms with E-state index in [1.54, 1.807) is 18.2 Å². The summed E-state index contributed by atoms with van der Waals surface area (Å²) in [6.45, 7) is 2.91. The molecule has 4 nitrogen and oxygen atoms in total. The zero-order valence-corrected chi connectivity index (χ0v) is 13.7. The lowest BCUT2D eigenvalue weighted by Gasteiger charge is -2.06. The summed E-state index contributed by atoms with van der Waals surface area (Å²) in [5.41, 5.74) is 6.62. The highest BCUT2D eigenvalue weighted by molar-refractivity contribution is 8.13. The van der Waals surface area contributed by atoms with Gasteiger partial charge in [-0.15, -0.1) is 0 Å². The summed E-state index contributed by atoms with van der Waals surface area (Å²) < 4.78 is 24.1. The molecule has 0 aliphatic carbocycles. The van der Waals surface area contributed by atoms with Gasteiger partial charge in [0.1, 0.15) is 5.75 Å². The number of benzene rings is 2. The number of amidine groups is 1. The predicted molar refractivity (Wildman–Crippen MR) is 93.2 cm³/mol. The fourth-order valence-electron chi connectivity index (χ4n) is 1.80. The molecule has 0 saturated heterocycles. The normalized spacial score (nSPS) is 11.3. The molecule has 6 heteroatoms. The summed E-state index contributed by atoms with van der Waals surface area (Å²) in [4.78, 5) is 4.29. The number of thioether (sulfide) groups is 1. The Bertz CT molecular complexity index is 647.